The Kier molecular flexibility index (Phi) is 2.20. The van der Waals surface area contributed by atoms with Crippen molar-refractivity contribution >= 4 is 11.4 Å². The van der Waals surface area contributed by atoms with Crippen molar-refractivity contribution in [3.05, 3.63) is 36.5 Å². The SMILES string of the molecule is C=C1Nc2ccccc2NC(C)C1C. The summed E-state index contributed by atoms with van der Waals surface area (Å²) in [7, 11) is 0. The Bertz CT molecular complexity index is 357. The van der Waals surface area contributed by atoms with Gasteiger partial charge >= 0.3 is 0 Å². The molecule has 0 spiro atoms. The van der Waals surface area contributed by atoms with E-state index in [1.165, 1.54) is 0 Å². The normalized spacial score (nSPS) is 25.7. The summed E-state index contributed by atoms with van der Waals surface area (Å²) < 4.78 is 0. The first kappa shape index (κ1) is 9.13. The van der Waals surface area contributed by atoms with Crippen molar-refractivity contribution in [3.8, 4) is 0 Å². The quantitative estimate of drug-likeness (QED) is 0.654. The topological polar surface area (TPSA) is 24.1 Å². The van der Waals surface area contributed by atoms with Gasteiger partial charge in [-0.2, -0.15) is 0 Å². The summed E-state index contributed by atoms with van der Waals surface area (Å²) in [5, 5.41) is 6.82. The van der Waals surface area contributed by atoms with Crippen LogP contribution < -0.4 is 10.6 Å². The van der Waals surface area contributed by atoms with Crippen molar-refractivity contribution in [2.75, 3.05) is 10.6 Å². The van der Waals surface area contributed by atoms with Crippen LogP contribution in [0.4, 0.5) is 11.4 Å². The van der Waals surface area contributed by atoms with Crippen LogP contribution in [0.15, 0.2) is 36.5 Å². The lowest BCUT2D eigenvalue weighted by molar-refractivity contribution is 0.597. The van der Waals surface area contributed by atoms with Crippen LogP contribution >= 0.6 is 0 Å². The molecule has 2 unspecified atom stereocenters. The van der Waals surface area contributed by atoms with E-state index < -0.39 is 0 Å². The summed E-state index contributed by atoms with van der Waals surface area (Å²) in [5.41, 5.74) is 3.36. The van der Waals surface area contributed by atoms with Crippen LogP contribution in [0.3, 0.4) is 0 Å². The molecule has 2 rings (SSSR count). The molecule has 2 heteroatoms. The van der Waals surface area contributed by atoms with Gasteiger partial charge in [0.05, 0.1) is 11.4 Å². The molecule has 0 radical (unpaired) electrons. The summed E-state index contributed by atoms with van der Waals surface area (Å²) in [5.74, 6) is 0.433. The van der Waals surface area contributed by atoms with Crippen molar-refractivity contribution in [1.29, 1.82) is 0 Å². The molecular weight excluding hydrogens is 172 g/mol. The van der Waals surface area contributed by atoms with E-state index in [1.54, 1.807) is 0 Å². The van der Waals surface area contributed by atoms with Gasteiger partial charge in [0.25, 0.3) is 0 Å². The fourth-order valence-corrected chi connectivity index (χ4v) is 1.68. The van der Waals surface area contributed by atoms with E-state index >= 15 is 0 Å². The number of fused-ring (bicyclic) bond motifs is 1. The summed E-state index contributed by atoms with van der Waals surface area (Å²) in [6.07, 6.45) is 0. The minimum atomic E-state index is 0.415. The summed E-state index contributed by atoms with van der Waals surface area (Å²) in [4.78, 5) is 0. The van der Waals surface area contributed by atoms with Gasteiger partial charge in [0.1, 0.15) is 0 Å². The monoisotopic (exact) mass is 188 g/mol. The number of para-hydroxylation sites is 2. The van der Waals surface area contributed by atoms with E-state index in [0.717, 1.165) is 17.1 Å². The van der Waals surface area contributed by atoms with E-state index in [9.17, 15) is 0 Å². The van der Waals surface area contributed by atoms with Gasteiger partial charge in [0, 0.05) is 17.7 Å². The Hall–Kier alpha value is -1.44. The van der Waals surface area contributed by atoms with Gasteiger partial charge in [-0.15, -0.1) is 0 Å². The maximum Gasteiger partial charge on any atom is 0.0617 e. The zero-order chi connectivity index (χ0) is 10.1. The molecule has 1 aromatic carbocycles. The maximum absolute atomic E-state index is 4.05. The third kappa shape index (κ3) is 1.48. The third-order valence-electron chi connectivity index (χ3n) is 2.91. The van der Waals surface area contributed by atoms with Crippen LogP contribution in [0.25, 0.3) is 0 Å². The van der Waals surface area contributed by atoms with Gasteiger partial charge in [-0.25, -0.2) is 0 Å². The van der Waals surface area contributed by atoms with Crippen LogP contribution in [0.5, 0.6) is 0 Å². The van der Waals surface area contributed by atoms with Crippen molar-refractivity contribution in [2.24, 2.45) is 5.92 Å². The minimum Gasteiger partial charge on any atom is -0.380 e. The van der Waals surface area contributed by atoms with Crippen molar-refractivity contribution in [1.82, 2.24) is 0 Å². The standard InChI is InChI=1S/C12H16N2/c1-8-9(2)13-11-6-4-5-7-12(11)14-10(8)3/h4-8,10,13-14H,2H2,1,3H3. The molecular formula is C12H16N2. The van der Waals surface area contributed by atoms with E-state index in [-0.39, 0.29) is 0 Å². The predicted molar refractivity (Wildman–Crippen MR) is 61.5 cm³/mol. The predicted octanol–water partition coefficient (Wildman–Crippen LogP) is 3.06. The highest BCUT2D eigenvalue weighted by molar-refractivity contribution is 5.72. The molecule has 14 heavy (non-hydrogen) atoms. The number of hydrogen-bond acceptors (Lipinski definition) is 2. The molecule has 2 N–H and O–H groups in total. The summed E-state index contributed by atoms with van der Waals surface area (Å²) in [6, 6.07) is 8.64. The minimum absolute atomic E-state index is 0.415. The first-order valence-corrected chi connectivity index (χ1v) is 5.00. The van der Waals surface area contributed by atoms with E-state index in [0.29, 0.717) is 12.0 Å². The van der Waals surface area contributed by atoms with E-state index in [4.69, 9.17) is 0 Å². The van der Waals surface area contributed by atoms with Gasteiger partial charge in [-0.1, -0.05) is 25.6 Å². The van der Waals surface area contributed by atoms with Crippen LogP contribution in [0.2, 0.25) is 0 Å². The average molecular weight is 188 g/mol. The molecule has 0 amide bonds. The molecule has 0 aromatic heterocycles. The lowest BCUT2D eigenvalue weighted by atomic mass is 10.0. The number of anilines is 2. The molecule has 2 nitrogen and oxygen atoms in total. The van der Waals surface area contributed by atoms with Crippen molar-refractivity contribution in [3.63, 3.8) is 0 Å². The zero-order valence-electron chi connectivity index (χ0n) is 8.67. The largest absolute Gasteiger partial charge is 0.380 e. The second-order valence-electron chi connectivity index (χ2n) is 3.92. The number of hydrogen-bond donors (Lipinski definition) is 2. The van der Waals surface area contributed by atoms with Crippen molar-refractivity contribution < 1.29 is 0 Å². The van der Waals surface area contributed by atoms with Crippen molar-refractivity contribution in [2.45, 2.75) is 19.9 Å². The highest BCUT2D eigenvalue weighted by Gasteiger charge is 2.20. The van der Waals surface area contributed by atoms with Crippen LogP contribution in [-0.2, 0) is 0 Å². The zero-order valence-corrected chi connectivity index (χ0v) is 8.67. The average Bonchev–Trinajstić information content (AvgIpc) is 2.28. The Labute approximate surface area is 85.0 Å². The molecule has 1 heterocycles. The molecule has 1 aromatic rings. The highest BCUT2D eigenvalue weighted by atomic mass is 15.0. The first-order valence-electron chi connectivity index (χ1n) is 5.00. The fourth-order valence-electron chi connectivity index (χ4n) is 1.68. The molecule has 0 aliphatic carbocycles. The van der Waals surface area contributed by atoms with Gasteiger partial charge < -0.3 is 10.6 Å². The second-order valence-corrected chi connectivity index (χ2v) is 3.92. The smallest absolute Gasteiger partial charge is 0.0617 e. The Morgan fingerprint density at radius 2 is 1.79 bits per heavy atom. The first-order chi connectivity index (χ1) is 6.68. The van der Waals surface area contributed by atoms with Gasteiger partial charge in [-0.3, -0.25) is 0 Å². The molecule has 1 aliphatic heterocycles. The number of rotatable bonds is 0. The third-order valence-corrected chi connectivity index (χ3v) is 2.91. The molecule has 2 atom stereocenters. The molecule has 0 saturated heterocycles. The second kappa shape index (κ2) is 3.37. The van der Waals surface area contributed by atoms with Crippen LogP contribution in [-0.4, -0.2) is 6.04 Å². The Balaban J connectivity index is 2.39. The van der Waals surface area contributed by atoms with Crippen LogP contribution in [0.1, 0.15) is 13.8 Å². The molecule has 0 fully saturated rings. The van der Waals surface area contributed by atoms with E-state index in [1.807, 2.05) is 12.1 Å². The molecule has 0 bridgehead atoms. The van der Waals surface area contributed by atoms with Gasteiger partial charge in [-0.05, 0) is 19.1 Å². The number of nitrogens with one attached hydrogen (secondary N) is 2. The summed E-state index contributed by atoms with van der Waals surface area (Å²) in [6.45, 7) is 8.41. The lowest BCUT2D eigenvalue weighted by Crippen LogP contribution is -2.24. The lowest BCUT2D eigenvalue weighted by Gasteiger charge is -2.19. The Morgan fingerprint density at radius 1 is 1.14 bits per heavy atom. The summed E-state index contributed by atoms with van der Waals surface area (Å²) >= 11 is 0. The van der Waals surface area contributed by atoms with Gasteiger partial charge in [0.15, 0.2) is 0 Å². The molecule has 74 valence electrons. The Morgan fingerprint density at radius 3 is 2.50 bits per heavy atom. The van der Waals surface area contributed by atoms with E-state index in [2.05, 4.69) is 43.2 Å². The molecule has 0 saturated carbocycles. The molecule has 1 aliphatic rings. The highest BCUT2D eigenvalue weighted by Crippen LogP contribution is 2.30. The maximum atomic E-state index is 4.05. The number of benzene rings is 1. The fraction of sp³-hybridized carbons (Fsp3) is 0.333. The van der Waals surface area contributed by atoms with Gasteiger partial charge in [0.2, 0.25) is 0 Å². The van der Waals surface area contributed by atoms with Crippen LogP contribution in [0, 0.1) is 5.92 Å².